The number of ether oxygens (including phenoxy) is 3. The maximum atomic E-state index is 12.3. The number of methoxy groups -OCH3 is 1. The highest BCUT2D eigenvalue weighted by molar-refractivity contribution is 7.09. The number of nitrogens with zero attached hydrogens (tertiary/aromatic N) is 2. The molecule has 2 heterocycles. The lowest BCUT2D eigenvalue weighted by Crippen LogP contribution is -2.54. The lowest BCUT2D eigenvalue weighted by molar-refractivity contribution is -0.153. The van der Waals surface area contributed by atoms with Gasteiger partial charge in [-0.2, -0.15) is 0 Å². The summed E-state index contributed by atoms with van der Waals surface area (Å²) in [4.78, 5) is 18.7. The quantitative estimate of drug-likeness (QED) is 0.790. The number of carbonyl (C=O) groups excluding carboxylic acids is 1. The number of aryl methyl sites for hydroxylation is 1. The third-order valence-electron chi connectivity index (χ3n) is 4.49. The van der Waals surface area contributed by atoms with Crippen LogP contribution < -0.4 is 0 Å². The van der Waals surface area contributed by atoms with E-state index in [0.717, 1.165) is 23.5 Å². The number of morpholine rings is 1. The van der Waals surface area contributed by atoms with E-state index in [2.05, 4.69) is 4.98 Å². The molecule has 1 amide bonds. The largest absolute Gasteiger partial charge is 0.384 e. The summed E-state index contributed by atoms with van der Waals surface area (Å²) in [5, 5.41) is 3.08. The minimum Gasteiger partial charge on any atom is -0.384 e. The molecule has 128 valence electrons. The molecule has 0 bridgehead atoms. The van der Waals surface area contributed by atoms with Crippen LogP contribution in [-0.2, 0) is 25.6 Å². The molecule has 2 fully saturated rings. The van der Waals surface area contributed by atoms with Gasteiger partial charge in [-0.3, -0.25) is 4.79 Å². The Hall–Kier alpha value is -1.02. The second kappa shape index (κ2) is 7.70. The molecular weight excluding hydrogens is 316 g/mol. The Morgan fingerprint density at radius 3 is 3.13 bits per heavy atom. The van der Waals surface area contributed by atoms with Crippen molar-refractivity contribution in [1.82, 2.24) is 9.88 Å². The Labute approximate surface area is 140 Å². The van der Waals surface area contributed by atoms with E-state index >= 15 is 0 Å². The van der Waals surface area contributed by atoms with Gasteiger partial charge in [-0.1, -0.05) is 0 Å². The predicted molar refractivity (Wildman–Crippen MR) is 86.4 cm³/mol. The van der Waals surface area contributed by atoms with Gasteiger partial charge in [-0.15, -0.1) is 11.3 Å². The molecule has 0 unspecified atom stereocenters. The standard InChI is InChI=1S/C16H24N2O4S/c1-11-17-12(10-23-11)9-22-14-4-3-13-16(14)21-8-6-18(13)15(19)5-7-20-2/h10,13-14,16H,3-9H2,1-2H3/t13-,14+,16+/m0/s1. The van der Waals surface area contributed by atoms with Crippen LogP contribution in [0.2, 0.25) is 0 Å². The lowest BCUT2D eigenvalue weighted by Gasteiger charge is -2.39. The van der Waals surface area contributed by atoms with Crippen LogP contribution >= 0.6 is 11.3 Å². The number of rotatable bonds is 6. The summed E-state index contributed by atoms with van der Waals surface area (Å²) in [6.45, 7) is 4.22. The third-order valence-corrected chi connectivity index (χ3v) is 5.31. The zero-order valence-electron chi connectivity index (χ0n) is 13.7. The van der Waals surface area contributed by atoms with E-state index in [4.69, 9.17) is 14.2 Å². The molecule has 1 aliphatic carbocycles. The maximum absolute atomic E-state index is 12.3. The van der Waals surface area contributed by atoms with Crippen molar-refractivity contribution in [1.29, 1.82) is 0 Å². The van der Waals surface area contributed by atoms with Crippen LogP contribution in [0.15, 0.2) is 5.38 Å². The van der Waals surface area contributed by atoms with E-state index in [1.165, 1.54) is 0 Å². The number of fused-ring (bicyclic) bond motifs is 1. The molecule has 1 aromatic heterocycles. The van der Waals surface area contributed by atoms with Gasteiger partial charge in [0.1, 0.15) is 6.10 Å². The van der Waals surface area contributed by atoms with Crippen molar-refractivity contribution in [2.45, 2.75) is 51.0 Å². The van der Waals surface area contributed by atoms with Gasteiger partial charge in [0.25, 0.3) is 0 Å². The van der Waals surface area contributed by atoms with Crippen molar-refractivity contribution >= 4 is 17.2 Å². The van der Waals surface area contributed by atoms with Gasteiger partial charge in [0.15, 0.2) is 0 Å². The average Bonchev–Trinajstić information content (AvgIpc) is 3.16. The Morgan fingerprint density at radius 1 is 1.52 bits per heavy atom. The van der Waals surface area contributed by atoms with Gasteiger partial charge in [0, 0.05) is 19.0 Å². The molecule has 23 heavy (non-hydrogen) atoms. The summed E-state index contributed by atoms with van der Waals surface area (Å²) in [5.41, 5.74) is 0.972. The second-order valence-electron chi connectivity index (χ2n) is 6.02. The van der Waals surface area contributed by atoms with Gasteiger partial charge in [0.05, 0.1) is 49.1 Å². The molecule has 0 spiro atoms. The van der Waals surface area contributed by atoms with Crippen molar-refractivity contribution in [2.24, 2.45) is 0 Å². The topological polar surface area (TPSA) is 60.9 Å². The summed E-state index contributed by atoms with van der Waals surface area (Å²) in [7, 11) is 1.62. The fourth-order valence-corrected chi connectivity index (χ4v) is 4.00. The minimum absolute atomic E-state index is 0.0185. The molecule has 0 radical (unpaired) electrons. The van der Waals surface area contributed by atoms with E-state index in [-0.39, 0.29) is 24.2 Å². The van der Waals surface area contributed by atoms with Crippen LogP contribution in [-0.4, -0.2) is 60.9 Å². The number of hydrogen-bond acceptors (Lipinski definition) is 6. The van der Waals surface area contributed by atoms with Crippen molar-refractivity contribution in [2.75, 3.05) is 26.9 Å². The molecule has 7 heteroatoms. The molecule has 1 aromatic rings. The van der Waals surface area contributed by atoms with Crippen LogP contribution in [0.5, 0.6) is 0 Å². The average molecular weight is 340 g/mol. The predicted octanol–water partition coefficient (Wildman–Crippen LogP) is 1.76. The molecule has 1 saturated heterocycles. The first kappa shape index (κ1) is 16.8. The van der Waals surface area contributed by atoms with Crippen LogP contribution in [0.4, 0.5) is 0 Å². The molecule has 0 N–H and O–H groups in total. The highest BCUT2D eigenvalue weighted by atomic mass is 32.1. The number of thiazole rings is 1. The van der Waals surface area contributed by atoms with Crippen LogP contribution in [0, 0.1) is 6.92 Å². The van der Waals surface area contributed by atoms with Crippen molar-refractivity contribution in [3.05, 3.63) is 16.1 Å². The zero-order valence-corrected chi connectivity index (χ0v) is 14.5. The summed E-state index contributed by atoms with van der Waals surface area (Å²) >= 11 is 1.63. The van der Waals surface area contributed by atoms with Gasteiger partial charge in [0.2, 0.25) is 5.91 Å². The number of carbonyl (C=O) groups is 1. The molecule has 1 saturated carbocycles. The molecular formula is C16H24N2O4S. The van der Waals surface area contributed by atoms with E-state index in [0.29, 0.717) is 32.8 Å². The van der Waals surface area contributed by atoms with Gasteiger partial charge >= 0.3 is 0 Å². The SMILES string of the molecule is COCCC(=O)N1CCO[C@H]2[C@H](OCc3csc(C)n3)CC[C@@H]21. The minimum atomic E-state index is -0.0185. The smallest absolute Gasteiger partial charge is 0.225 e. The molecule has 6 nitrogen and oxygen atoms in total. The fraction of sp³-hybridized carbons (Fsp3) is 0.750. The molecule has 1 aliphatic heterocycles. The van der Waals surface area contributed by atoms with Gasteiger partial charge in [-0.25, -0.2) is 4.98 Å². The Morgan fingerprint density at radius 2 is 2.39 bits per heavy atom. The summed E-state index contributed by atoms with van der Waals surface area (Å²) < 4.78 is 17.0. The Balaban J connectivity index is 1.56. The van der Waals surface area contributed by atoms with E-state index in [1.807, 2.05) is 17.2 Å². The summed E-state index contributed by atoms with van der Waals surface area (Å²) in [6.07, 6.45) is 2.31. The van der Waals surface area contributed by atoms with Gasteiger partial charge in [-0.05, 0) is 19.8 Å². The van der Waals surface area contributed by atoms with Crippen LogP contribution in [0.25, 0.3) is 0 Å². The van der Waals surface area contributed by atoms with E-state index in [1.54, 1.807) is 18.4 Å². The molecule has 2 aliphatic rings. The molecule has 3 atom stereocenters. The Kier molecular flexibility index (Phi) is 5.63. The Bertz CT molecular complexity index is 536. The van der Waals surface area contributed by atoms with Crippen molar-refractivity contribution in [3.63, 3.8) is 0 Å². The van der Waals surface area contributed by atoms with Crippen LogP contribution in [0.3, 0.4) is 0 Å². The highest BCUT2D eigenvalue weighted by Gasteiger charge is 2.44. The molecule has 3 rings (SSSR count). The second-order valence-corrected chi connectivity index (χ2v) is 7.08. The van der Waals surface area contributed by atoms with Crippen molar-refractivity contribution < 1.29 is 19.0 Å². The first-order chi connectivity index (χ1) is 11.2. The third kappa shape index (κ3) is 3.91. The number of hydrogen-bond donors (Lipinski definition) is 0. The van der Waals surface area contributed by atoms with Crippen LogP contribution in [0.1, 0.15) is 30.0 Å². The van der Waals surface area contributed by atoms with E-state index in [9.17, 15) is 4.79 Å². The normalized spacial score (nSPS) is 27.2. The fourth-order valence-electron chi connectivity index (χ4n) is 3.40. The summed E-state index contributed by atoms with van der Waals surface area (Å²) in [5.74, 6) is 0.154. The zero-order chi connectivity index (χ0) is 16.2. The maximum Gasteiger partial charge on any atom is 0.225 e. The lowest BCUT2D eigenvalue weighted by atomic mass is 10.1. The number of aromatic nitrogens is 1. The van der Waals surface area contributed by atoms with Crippen molar-refractivity contribution in [3.8, 4) is 0 Å². The first-order valence-corrected chi connectivity index (χ1v) is 8.99. The first-order valence-electron chi connectivity index (χ1n) is 8.11. The molecule has 0 aromatic carbocycles. The summed E-state index contributed by atoms with van der Waals surface area (Å²) in [6, 6.07) is 0.135. The number of amides is 1. The van der Waals surface area contributed by atoms with E-state index < -0.39 is 0 Å². The monoisotopic (exact) mass is 340 g/mol. The highest BCUT2D eigenvalue weighted by Crippen LogP contribution is 2.33. The van der Waals surface area contributed by atoms with Gasteiger partial charge < -0.3 is 19.1 Å².